The highest BCUT2D eigenvalue weighted by Crippen LogP contribution is 2.32. The van der Waals surface area contributed by atoms with Gasteiger partial charge in [-0.25, -0.2) is 0 Å². The van der Waals surface area contributed by atoms with Crippen molar-refractivity contribution in [2.75, 3.05) is 7.11 Å². The molecular weight excluding hydrogens is 466 g/mol. The van der Waals surface area contributed by atoms with Gasteiger partial charge in [0.15, 0.2) is 11.0 Å². The van der Waals surface area contributed by atoms with E-state index in [4.69, 9.17) is 9.15 Å². The molecule has 4 rings (SSSR count). The van der Waals surface area contributed by atoms with Crippen LogP contribution in [0.2, 0.25) is 0 Å². The summed E-state index contributed by atoms with van der Waals surface area (Å²) in [5, 5.41) is 17.8. The second kappa shape index (κ2) is 9.27. The van der Waals surface area contributed by atoms with Gasteiger partial charge >= 0.3 is 0 Å². The van der Waals surface area contributed by atoms with Gasteiger partial charge in [-0.2, -0.15) is 0 Å². The van der Waals surface area contributed by atoms with Gasteiger partial charge in [-0.15, -0.1) is 27.0 Å². The summed E-state index contributed by atoms with van der Waals surface area (Å²) >= 11 is 4.90. The lowest BCUT2D eigenvalue weighted by atomic mass is 10.2. The molecule has 0 aliphatic heterocycles. The Hall–Kier alpha value is -2.91. The molecule has 0 spiro atoms. The number of allylic oxidation sites excluding steroid dienone is 1. The number of benzene rings is 2. The van der Waals surface area contributed by atoms with Crippen molar-refractivity contribution in [2.24, 2.45) is 0 Å². The fourth-order valence-electron chi connectivity index (χ4n) is 2.87. The number of nitrogens with zero attached hydrogens (tertiary/aromatic N) is 5. The molecule has 2 aromatic carbocycles. The van der Waals surface area contributed by atoms with Crippen molar-refractivity contribution in [2.45, 2.75) is 17.5 Å². The number of para-hydroxylation sites is 1. The van der Waals surface area contributed by atoms with Crippen LogP contribution in [0.15, 0.2) is 75.2 Å². The van der Waals surface area contributed by atoms with Crippen molar-refractivity contribution in [1.29, 1.82) is 0 Å². The largest absolute Gasteiger partial charge is 0.496 e. The SMILES string of the molecule is C=CCn1c(SCc2nnc(-c3ccc(Br)cc3)o2)nnc1-c1ccccc1OC. The molecule has 0 aliphatic carbocycles. The van der Waals surface area contributed by atoms with Crippen LogP contribution in [-0.4, -0.2) is 32.1 Å². The van der Waals surface area contributed by atoms with Gasteiger partial charge in [0.25, 0.3) is 0 Å². The zero-order chi connectivity index (χ0) is 20.9. The van der Waals surface area contributed by atoms with Crippen LogP contribution in [0.25, 0.3) is 22.8 Å². The first-order valence-corrected chi connectivity index (χ1v) is 10.9. The molecule has 0 saturated heterocycles. The fraction of sp³-hybridized carbons (Fsp3) is 0.143. The van der Waals surface area contributed by atoms with Crippen LogP contribution in [0.5, 0.6) is 5.75 Å². The monoisotopic (exact) mass is 483 g/mol. The Kier molecular flexibility index (Phi) is 6.29. The van der Waals surface area contributed by atoms with Gasteiger partial charge in [0.05, 0.1) is 18.4 Å². The lowest BCUT2D eigenvalue weighted by Crippen LogP contribution is -2.01. The average molecular weight is 484 g/mol. The number of methoxy groups -OCH3 is 1. The van der Waals surface area contributed by atoms with E-state index in [1.165, 1.54) is 11.8 Å². The van der Waals surface area contributed by atoms with Crippen molar-refractivity contribution < 1.29 is 9.15 Å². The third-order valence-corrected chi connectivity index (χ3v) is 5.74. The van der Waals surface area contributed by atoms with Crippen molar-refractivity contribution in [1.82, 2.24) is 25.0 Å². The fourth-order valence-corrected chi connectivity index (χ4v) is 3.91. The summed E-state index contributed by atoms with van der Waals surface area (Å²) in [6.07, 6.45) is 1.81. The van der Waals surface area contributed by atoms with E-state index in [0.717, 1.165) is 32.3 Å². The van der Waals surface area contributed by atoms with Gasteiger partial charge in [0.2, 0.25) is 11.8 Å². The number of ether oxygens (including phenoxy) is 1. The number of hydrogen-bond donors (Lipinski definition) is 0. The van der Waals surface area contributed by atoms with Crippen molar-refractivity contribution in [3.05, 3.63) is 71.5 Å². The smallest absolute Gasteiger partial charge is 0.247 e. The Labute approximate surface area is 186 Å². The topological polar surface area (TPSA) is 78.9 Å². The highest BCUT2D eigenvalue weighted by molar-refractivity contribution is 9.10. The highest BCUT2D eigenvalue weighted by atomic mass is 79.9. The summed E-state index contributed by atoms with van der Waals surface area (Å²) in [5.74, 6) is 2.94. The highest BCUT2D eigenvalue weighted by Gasteiger charge is 2.18. The van der Waals surface area contributed by atoms with Gasteiger partial charge in [-0.1, -0.05) is 45.9 Å². The molecule has 0 amide bonds. The third kappa shape index (κ3) is 4.31. The Morgan fingerprint density at radius 2 is 1.90 bits per heavy atom. The minimum atomic E-state index is 0.477. The number of halogens is 1. The molecule has 0 bridgehead atoms. The van der Waals surface area contributed by atoms with Crippen molar-refractivity contribution in [3.8, 4) is 28.6 Å². The zero-order valence-electron chi connectivity index (χ0n) is 16.2. The Morgan fingerprint density at radius 1 is 1.10 bits per heavy atom. The number of hydrogen-bond acceptors (Lipinski definition) is 7. The Bertz CT molecular complexity index is 1160. The first-order valence-electron chi connectivity index (χ1n) is 9.08. The molecule has 0 aliphatic rings. The summed E-state index contributed by atoms with van der Waals surface area (Å²) in [6.45, 7) is 4.42. The minimum Gasteiger partial charge on any atom is -0.496 e. The van der Waals surface area contributed by atoms with Gasteiger partial charge < -0.3 is 9.15 Å². The minimum absolute atomic E-state index is 0.477. The quantitative estimate of drug-likeness (QED) is 0.250. The van der Waals surface area contributed by atoms with E-state index in [1.54, 1.807) is 7.11 Å². The third-order valence-electron chi connectivity index (χ3n) is 4.26. The molecule has 0 N–H and O–H groups in total. The molecule has 9 heteroatoms. The van der Waals surface area contributed by atoms with Gasteiger partial charge in [-0.3, -0.25) is 4.57 Å². The molecule has 2 aromatic heterocycles. The van der Waals surface area contributed by atoms with Crippen LogP contribution >= 0.6 is 27.7 Å². The van der Waals surface area contributed by atoms with E-state index >= 15 is 0 Å². The van der Waals surface area contributed by atoms with E-state index in [1.807, 2.05) is 59.2 Å². The van der Waals surface area contributed by atoms with Crippen LogP contribution in [0, 0.1) is 0 Å². The average Bonchev–Trinajstić information content (AvgIpc) is 3.40. The van der Waals surface area contributed by atoms with Crippen LogP contribution < -0.4 is 4.74 Å². The second-order valence-corrected chi connectivity index (χ2v) is 8.06. The Balaban J connectivity index is 1.55. The standard InChI is InChI=1S/C21H18BrN5O2S/c1-3-12-27-19(16-6-4-5-7-17(16)28-2)24-26-21(27)30-13-18-23-25-20(29-18)14-8-10-15(22)11-9-14/h3-11H,1,12-13H2,2H3. The lowest BCUT2D eigenvalue weighted by molar-refractivity contribution is 0.416. The van der Waals surface area contributed by atoms with E-state index in [2.05, 4.69) is 42.9 Å². The van der Waals surface area contributed by atoms with Gasteiger partial charge in [0.1, 0.15) is 5.75 Å². The maximum absolute atomic E-state index is 5.80. The number of thioether (sulfide) groups is 1. The summed E-state index contributed by atoms with van der Waals surface area (Å²) < 4.78 is 14.3. The molecule has 152 valence electrons. The molecular formula is C21H18BrN5O2S. The van der Waals surface area contributed by atoms with E-state index in [0.29, 0.717) is 24.1 Å². The van der Waals surface area contributed by atoms with E-state index < -0.39 is 0 Å². The van der Waals surface area contributed by atoms with Crippen LogP contribution in [0.3, 0.4) is 0 Å². The molecule has 0 saturated carbocycles. The van der Waals surface area contributed by atoms with Crippen molar-refractivity contribution in [3.63, 3.8) is 0 Å². The molecule has 30 heavy (non-hydrogen) atoms. The predicted octanol–water partition coefficient (Wildman–Crippen LogP) is 5.24. The lowest BCUT2D eigenvalue weighted by Gasteiger charge is -2.10. The normalized spacial score (nSPS) is 10.9. The first-order chi connectivity index (χ1) is 14.7. The van der Waals surface area contributed by atoms with Crippen molar-refractivity contribution >= 4 is 27.7 Å². The van der Waals surface area contributed by atoms with Crippen LogP contribution in [0.1, 0.15) is 5.89 Å². The molecule has 4 aromatic rings. The predicted molar refractivity (Wildman–Crippen MR) is 119 cm³/mol. The summed E-state index contributed by atoms with van der Waals surface area (Å²) in [5.41, 5.74) is 1.74. The zero-order valence-corrected chi connectivity index (χ0v) is 18.6. The second-order valence-electron chi connectivity index (χ2n) is 6.20. The molecule has 7 nitrogen and oxygen atoms in total. The maximum atomic E-state index is 5.80. The van der Waals surface area contributed by atoms with Gasteiger partial charge in [0, 0.05) is 16.6 Å². The van der Waals surface area contributed by atoms with E-state index in [9.17, 15) is 0 Å². The van der Waals surface area contributed by atoms with Gasteiger partial charge in [-0.05, 0) is 36.4 Å². The summed E-state index contributed by atoms with van der Waals surface area (Å²) in [4.78, 5) is 0. The summed E-state index contributed by atoms with van der Waals surface area (Å²) in [6, 6.07) is 15.4. The number of rotatable bonds is 8. The first kappa shape index (κ1) is 20.4. The van der Waals surface area contributed by atoms with E-state index in [-0.39, 0.29) is 0 Å². The maximum Gasteiger partial charge on any atom is 0.247 e. The molecule has 2 heterocycles. The van der Waals surface area contributed by atoms with Crippen LogP contribution in [0.4, 0.5) is 0 Å². The molecule has 0 unspecified atom stereocenters. The molecule has 0 radical (unpaired) electrons. The molecule has 0 atom stereocenters. The number of aromatic nitrogens is 5. The van der Waals surface area contributed by atoms with Crippen LogP contribution in [-0.2, 0) is 12.3 Å². The summed E-state index contributed by atoms with van der Waals surface area (Å²) in [7, 11) is 1.64. The molecule has 0 fully saturated rings. The Morgan fingerprint density at radius 3 is 2.67 bits per heavy atom.